The van der Waals surface area contributed by atoms with Gasteiger partial charge in [-0.1, -0.05) is 78.1 Å². The van der Waals surface area contributed by atoms with Gasteiger partial charge >= 0.3 is 11.9 Å². The van der Waals surface area contributed by atoms with E-state index in [1.807, 2.05) is 6.92 Å². The number of hydrogen-bond donors (Lipinski definition) is 1. The second-order valence-corrected chi connectivity index (χ2v) is 9.60. The summed E-state index contributed by atoms with van der Waals surface area (Å²) in [5.41, 5.74) is 0.902. The number of methoxy groups -OCH3 is 1. The molecule has 0 radical (unpaired) electrons. The molecule has 0 saturated carbocycles. The number of carbonyl (C=O) groups excluding carboxylic acids is 2. The lowest BCUT2D eigenvalue weighted by molar-refractivity contribution is -0.137. The third-order valence-corrected chi connectivity index (χ3v) is 6.41. The van der Waals surface area contributed by atoms with Crippen molar-refractivity contribution in [3.8, 4) is 5.75 Å². The Bertz CT molecular complexity index is 823. The van der Waals surface area contributed by atoms with Crippen LogP contribution in [-0.4, -0.2) is 38.9 Å². The molecule has 0 saturated heterocycles. The molecule has 1 atom stereocenters. The van der Waals surface area contributed by atoms with Crippen molar-refractivity contribution in [3.05, 3.63) is 35.7 Å². The highest BCUT2D eigenvalue weighted by Gasteiger charge is 2.16. The number of ether oxygens (including phenoxy) is 4. The van der Waals surface area contributed by atoms with E-state index in [0.717, 1.165) is 12.8 Å². The zero-order valence-corrected chi connectivity index (χ0v) is 24.4. The van der Waals surface area contributed by atoms with Gasteiger partial charge in [0, 0.05) is 0 Å². The number of hydrogen-bond acceptors (Lipinski definition) is 7. The molecule has 0 aliphatic carbocycles. The first-order valence-electron chi connectivity index (χ1n) is 14.6. The molecule has 0 amide bonds. The fraction of sp³-hybridized carbons (Fsp3) is 0.677. The van der Waals surface area contributed by atoms with Crippen LogP contribution in [0.4, 0.5) is 5.69 Å². The smallest absolute Gasteiger partial charge is 0.338 e. The predicted molar refractivity (Wildman–Crippen MR) is 153 cm³/mol. The van der Waals surface area contributed by atoms with E-state index in [0.29, 0.717) is 36.1 Å². The van der Waals surface area contributed by atoms with Crippen molar-refractivity contribution in [2.45, 2.75) is 105 Å². The lowest BCUT2D eigenvalue weighted by atomic mass is 9.95. The first-order chi connectivity index (χ1) is 18.5. The number of carbonyl (C=O) groups is 2. The van der Waals surface area contributed by atoms with Crippen LogP contribution in [0.15, 0.2) is 30.2 Å². The van der Waals surface area contributed by atoms with E-state index in [1.165, 1.54) is 70.3 Å². The van der Waals surface area contributed by atoms with Crippen LogP contribution in [0.3, 0.4) is 0 Å². The molecule has 0 aliphatic rings. The minimum Gasteiger partial charge on any atom is -0.495 e. The van der Waals surface area contributed by atoms with Gasteiger partial charge in [-0.05, 0) is 50.8 Å². The van der Waals surface area contributed by atoms with Gasteiger partial charge in [-0.25, -0.2) is 9.59 Å². The molecule has 0 aliphatic heterocycles. The summed E-state index contributed by atoms with van der Waals surface area (Å²) in [6.45, 7) is 9.05. The zero-order valence-electron chi connectivity index (χ0n) is 24.4. The van der Waals surface area contributed by atoms with Crippen molar-refractivity contribution in [2.75, 3.05) is 32.2 Å². The maximum atomic E-state index is 13.0. The van der Waals surface area contributed by atoms with Crippen LogP contribution in [0.25, 0.3) is 0 Å². The van der Waals surface area contributed by atoms with Crippen molar-refractivity contribution < 1.29 is 28.5 Å². The Hall–Kier alpha value is -2.70. The normalized spacial score (nSPS) is 12.1. The number of esters is 2. The lowest BCUT2D eigenvalue weighted by Crippen LogP contribution is -2.15. The van der Waals surface area contributed by atoms with E-state index in [-0.39, 0.29) is 18.5 Å². The summed E-state index contributed by atoms with van der Waals surface area (Å²) in [4.78, 5) is 24.9. The topological polar surface area (TPSA) is 83.1 Å². The van der Waals surface area contributed by atoms with E-state index >= 15 is 0 Å². The van der Waals surface area contributed by atoms with Crippen LogP contribution in [0.1, 0.15) is 115 Å². The van der Waals surface area contributed by atoms with E-state index in [2.05, 4.69) is 19.2 Å². The maximum absolute atomic E-state index is 13.0. The average molecular weight is 534 g/mol. The third kappa shape index (κ3) is 14.3. The first-order valence-corrected chi connectivity index (χ1v) is 14.6. The Morgan fingerprint density at radius 2 is 1.42 bits per heavy atom. The molecule has 0 fully saturated rings. The van der Waals surface area contributed by atoms with Gasteiger partial charge in [-0.3, -0.25) is 0 Å². The summed E-state index contributed by atoms with van der Waals surface area (Å²) in [5, 5.41) is 3.04. The van der Waals surface area contributed by atoms with Gasteiger partial charge in [0.25, 0.3) is 0 Å². The van der Waals surface area contributed by atoms with Gasteiger partial charge in [0.2, 0.25) is 0 Å². The average Bonchev–Trinajstić information content (AvgIpc) is 2.91. The van der Waals surface area contributed by atoms with Crippen molar-refractivity contribution in [1.82, 2.24) is 0 Å². The molecule has 7 heteroatoms. The fourth-order valence-corrected chi connectivity index (χ4v) is 4.29. The SMILES string of the molecule is CCCCCCCCC(CCCCCC)COC(=O)c1ccc(OC)c(NC(=CC(=O)OCC)OCC)c1. The fourth-order valence-electron chi connectivity index (χ4n) is 4.29. The van der Waals surface area contributed by atoms with Crippen molar-refractivity contribution >= 4 is 17.6 Å². The second-order valence-electron chi connectivity index (χ2n) is 9.60. The van der Waals surface area contributed by atoms with Gasteiger partial charge < -0.3 is 24.3 Å². The highest BCUT2D eigenvalue weighted by Crippen LogP contribution is 2.28. The molecule has 0 spiro atoms. The standard InChI is InChI=1S/C31H51NO6/c1-6-10-12-14-15-17-19-25(18-16-13-11-7-2)24-38-31(34)26-20-21-28(35-5)27(22-26)32-29(36-8-3)23-30(33)37-9-4/h20-23,25,32H,6-19,24H2,1-5H3. The molecular formula is C31H51NO6. The summed E-state index contributed by atoms with van der Waals surface area (Å²) >= 11 is 0. The van der Waals surface area contributed by atoms with E-state index < -0.39 is 5.97 Å². The van der Waals surface area contributed by atoms with Crippen molar-refractivity contribution in [3.63, 3.8) is 0 Å². The van der Waals surface area contributed by atoms with E-state index in [4.69, 9.17) is 18.9 Å². The van der Waals surface area contributed by atoms with Crippen LogP contribution in [0, 0.1) is 5.92 Å². The number of rotatable bonds is 22. The number of anilines is 1. The molecule has 0 aromatic heterocycles. The molecule has 1 aromatic carbocycles. The molecule has 0 heterocycles. The molecule has 1 aromatic rings. The predicted octanol–water partition coefficient (Wildman–Crippen LogP) is 8.04. The van der Waals surface area contributed by atoms with Gasteiger partial charge in [0.05, 0.1) is 44.3 Å². The summed E-state index contributed by atoms with van der Waals surface area (Å²) in [7, 11) is 1.54. The molecular weight excluding hydrogens is 482 g/mol. The molecule has 38 heavy (non-hydrogen) atoms. The van der Waals surface area contributed by atoms with Crippen LogP contribution >= 0.6 is 0 Å². The minimum absolute atomic E-state index is 0.209. The first kappa shape index (κ1) is 33.3. The maximum Gasteiger partial charge on any atom is 0.338 e. The quantitative estimate of drug-likeness (QED) is 0.0699. The molecule has 1 unspecified atom stereocenters. The van der Waals surface area contributed by atoms with Gasteiger partial charge in [0.1, 0.15) is 5.75 Å². The summed E-state index contributed by atoms with van der Waals surface area (Å²) < 4.78 is 21.8. The highest BCUT2D eigenvalue weighted by atomic mass is 16.5. The number of unbranched alkanes of at least 4 members (excludes halogenated alkanes) is 8. The Labute approximate surface area is 230 Å². The van der Waals surface area contributed by atoms with Crippen LogP contribution in [0.2, 0.25) is 0 Å². The molecule has 1 N–H and O–H groups in total. The van der Waals surface area contributed by atoms with Crippen molar-refractivity contribution in [1.29, 1.82) is 0 Å². The van der Waals surface area contributed by atoms with Crippen LogP contribution in [-0.2, 0) is 19.0 Å². The highest BCUT2D eigenvalue weighted by molar-refractivity contribution is 5.91. The minimum atomic E-state index is -0.520. The number of nitrogens with one attached hydrogen (secondary N) is 1. The van der Waals surface area contributed by atoms with Gasteiger partial charge in [0.15, 0.2) is 5.88 Å². The summed E-state index contributed by atoms with van der Waals surface area (Å²) in [6, 6.07) is 5.04. The monoisotopic (exact) mass is 533 g/mol. The van der Waals surface area contributed by atoms with E-state index in [1.54, 1.807) is 32.2 Å². The second kappa shape index (κ2) is 21.3. The largest absolute Gasteiger partial charge is 0.495 e. The third-order valence-electron chi connectivity index (χ3n) is 6.41. The Balaban J connectivity index is 2.84. The zero-order chi connectivity index (χ0) is 28.0. The summed E-state index contributed by atoms with van der Waals surface area (Å²) in [6.07, 6.45) is 15.9. The van der Waals surface area contributed by atoms with Crippen LogP contribution in [0.5, 0.6) is 5.75 Å². The Morgan fingerprint density at radius 1 is 0.816 bits per heavy atom. The lowest BCUT2D eigenvalue weighted by Gasteiger charge is -2.18. The summed E-state index contributed by atoms with van der Waals surface area (Å²) in [5.74, 6) is 0.210. The molecule has 1 rings (SSSR count). The number of benzene rings is 1. The van der Waals surface area contributed by atoms with E-state index in [9.17, 15) is 9.59 Å². The van der Waals surface area contributed by atoms with Gasteiger partial charge in [-0.15, -0.1) is 0 Å². The molecule has 0 bridgehead atoms. The molecule has 216 valence electrons. The Morgan fingerprint density at radius 3 is 2.03 bits per heavy atom. The Kier molecular flexibility index (Phi) is 18.6. The van der Waals surface area contributed by atoms with Crippen LogP contribution < -0.4 is 10.1 Å². The van der Waals surface area contributed by atoms with Crippen molar-refractivity contribution in [2.24, 2.45) is 5.92 Å². The van der Waals surface area contributed by atoms with Gasteiger partial charge in [-0.2, -0.15) is 0 Å². The molecule has 7 nitrogen and oxygen atoms in total.